The number of benzene rings is 1. The van der Waals surface area contributed by atoms with Crippen LogP contribution in [0.5, 0.6) is 0 Å². The SMILES string of the molecule is Cc1ccccc1-n1ncc(C(=O)N2CCO[C@H]3CNC[C@H]32)c1C. The predicted molar refractivity (Wildman–Crippen MR) is 90.5 cm³/mol. The molecular formula is C18H22N4O2. The summed E-state index contributed by atoms with van der Waals surface area (Å²) in [5.74, 6) is 0.0503. The fourth-order valence-corrected chi connectivity index (χ4v) is 3.66. The first-order valence-corrected chi connectivity index (χ1v) is 8.40. The van der Waals surface area contributed by atoms with Gasteiger partial charge in [0.15, 0.2) is 0 Å². The van der Waals surface area contributed by atoms with Crippen LogP contribution in [0.3, 0.4) is 0 Å². The summed E-state index contributed by atoms with van der Waals surface area (Å²) in [5, 5.41) is 7.78. The number of carbonyl (C=O) groups is 1. The summed E-state index contributed by atoms with van der Waals surface area (Å²) in [7, 11) is 0. The molecule has 0 spiro atoms. The van der Waals surface area contributed by atoms with Crippen molar-refractivity contribution in [1.82, 2.24) is 20.0 Å². The van der Waals surface area contributed by atoms with Crippen LogP contribution < -0.4 is 5.32 Å². The highest BCUT2D eigenvalue weighted by Crippen LogP contribution is 2.23. The molecule has 2 aliphatic rings. The molecule has 0 aliphatic carbocycles. The minimum absolute atomic E-state index is 0.0503. The van der Waals surface area contributed by atoms with Crippen molar-refractivity contribution in [1.29, 1.82) is 0 Å². The molecule has 1 N–H and O–H groups in total. The van der Waals surface area contributed by atoms with Crippen LogP contribution in [0.25, 0.3) is 5.69 Å². The van der Waals surface area contributed by atoms with Crippen LogP contribution in [-0.4, -0.2) is 59.0 Å². The van der Waals surface area contributed by atoms with Gasteiger partial charge in [0.2, 0.25) is 0 Å². The lowest BCUT2D eigenvalue weighted by molar-refractivity contribution is -0.0365. The molecule has 3 heterocycles. The van der Waals surface area contributed by atoms with Crippen molar-refractivity contribution in [2.45, 2.75) is 26.0 Å². The van der Waals surface area contributed by atoms with Gasteiger partial charge < -0.3 is 15.0 Å². The van der Waals surface area contributed by atoms with Crippen molar-refractivity contribution in [3.8, 4) is 5.69 Å². The van der Waals surface area contributed by atoms with Gasteiger partial charge in [-0.1, -0.05) is 18.2 Å². The van der Waals surface area contributed by atoms with Gasteiger partial charge in [-0.15, -0.1) is 0 Å². The van der Waals surface area contributed by atoms with Crippen LogP contribution in [0, 0.1) is 13.8 Å². The Hall–Kier alpha value is -2.18. The van der Waals surface area contributed by atoms with Gasteiger partial charge in [-0.2, -0.15) is 5.10 Å². The van der Waals surface area contributed by atoms with E-state index in [4.69, 9.17) is 4.74 Å². The van der Waals surface area contributed by atoms with E-state index < -0.39 is 0 Å². The number of para-hydroxylation sites is 1. The monoisotopic (exact) mass is 326 g/mol. The molecule has 0 unspecified atom stereocenters. The van der Waals surface area contributed by atoms with Crippen molar-refractivity contribution < 1.29 is 9.53 Å². The lowest BCUT2D eigenvalue weighted by Crippen LogP contribution is -2.53. The third-order valence-corrected chi connectivity index (χ3v) is 5.04. The lowest BCUT2D eigenvalue weighted by Gasteiger charge is -2.36. The van der Waals surface area contributed by atoms with E-state index in [9.17, 15) is 4.79 Å². The second-order valence-electron chi connectivity index (χ2n) is 6.48. The Labute approximate surface area is 141 Å². The van der Waals surface area contributed by atoms with Gasteiger partial charge in [0, 0.05) is 19.6 Å². The maximum atomic E-state index is 13.1. The molecule has 1 amide bonds. The standard InChI is InChI=1S/C18H22N4O2/c1-12-5-3-4-6-15(12)22-13(2)14(9-20-22)18(23)21-7-8-24-17-11-19-10-16(17)21/h3-6,9,16-17,19H,7-8,10-11H2,1-2H3/t16-,17+/m1/s1. The minimum atomic E-state index is 0.0503. The number of ether oxygens (including phenoxy) is 1. The number of morpholine rings is 1. The highest BCUT2D eigenvalue weighted by molar-refractivity contribution is 5.95. The fourth-order valence-electron chi connectivity index (χ4n) is 3.66. The molecule has 1 aromatic carbocycles. The number of nitrogens with one attached hydrogen (secondary N) is 1. The predicted octanol–water partition coefficient (Wildman–Crippen LogP) is 1.30. The van der Waals surface area contributed by atoms with Crippen LogP contribution in [-0.2, 0) is 4.74 Å². The lowest BCUT2D eigenvalue weighted by atomic mass is 10.1. The first kappa shape index (κ1) is 15.4. The van der Waals surface area contributed by atoms with Gasteiger partial charge in [0.05, 0.1) is 41.9 Å². The first-order valence-electron chi connectivity index (χ1n) is 8.40. The third-order valence-electron chi connectivity index (χ3n) is 5.04. The second kappa shape index (κ2) is 6.03. The Kier molecular flexibility index (Phi) is 3.86. The van der Waals surface area contributed by atoms with Crippen LogP contribution in [0.15, 0.2) is 30.5 Å². The molecule has 2 saturated heterocycles. The summed E-state index contributed by atoms with van der Waals surface area (Å²) in [4.78, 5) is 15.0. The third kappa shape index (κ3) is 2.42. The van der Waals surface area contributed by atoms with Gasteiger partial charge in [0.25, 0.3) is 5.91 Å². The summed E-state index contributed by atoms with van der Waals surface area (Å²) < 4.78 is 7.62. The van der Waals surface area contributed by atoms with E-state index in [-0.39, 0.29) is 18.1 Å². The highest BCUT2D eigenvalue weighted by atomic mass is 16.5. The molecule has 6 heteroatoms. The molecule has 24 heavy (non-hydrogen) atoms. The fraction of sp³-hybridized carbons (Fsp3) is 0.444. The van der Waals surface area contributed by atoms with Crippen LogP contribution in [0.1, 0.15) is 21.6 Å². The van der Waals surface area contributed by atoms with Crippen LogP contribution in [0.4, 0.5) is 0 Å². The van der Waals surface area contributed by atoms with Crippen molar-refractivity contribution in [2.24, 2.45) is 0 Å². The maximum Gasteiger partial charge on any atom is 0.257 e. The number of fused-ring (bicyclic) bond motifs is 1. The second-order valence-corrected chi connectivity index (χ2v) is 6.48. The largest absolute Gasteiger partial charge is 0.373 e. The Morgan fingerprint density at radius 3 is 2.96 bits per heavy atom. The molecule has 0 radical (unpaired) electrons. The Balaban J connectivity index is 1.65. The van der Waals surface area contributed by atoms with E-state index in [1.165, 1.54) is 0 Å². The van der Waals surface area contributed by atoms with Crippen molar-refractivity contribution in [3.05, 3.63) is 47.3 Å². The molecule has 1 aromatic heterocycles. The zero-order valence-electron chi connectivity index (χ0n) is 14.0. The minimum Gasteiger partial charge on any atom is -0.373 e. The molecule has 2 fully saturated rings. The van der Waals surface area contributed by atoms with Crippen molar-refractivity contribution >= 4 is 5.91 Å². The summed E-state index contributed by atoms with van der Waals surface area (Å²) in [6, 6.07) is 8.18. The summed E-state index contributed by atoms with van der Waals surface area (Å²) >= 11 is 0. The summed E-state index contributed by atoms with van der Waals surface area (Å²) in [5.41, 5.74) is 3.69. The topological polar surface area (TPSA) is 59.4 Å². The Bertz CT molecular complexity index is 770. The van der Waals surface area contributed by atoms with E-state index in [2.05, 4.69) is 23.4 Å². The highest BCUT2D eigenvalue weighted by Gasteiger charge is 2.39. The van der Waals surface area contributed by atoms with E-state index in [0.717, 1.165) is 30.0 Å². The quantitative estimate of drug-likeness (QED) is 0.904. The van der Waals surface area contributed by atoms with Gasteiger partial charge in [-0.25, -0.2) is 4.68 Å². The summed E-state index contributed by atoms with van der Waals surface area (Å²) in [6.45, 7) is 6.85. The molecule has 2 aromatic rings. The van der Waals surface area contributed by atoms with E-state index in [0.29, 0.717) is 18.7 Å². The van der Waals surface area contributed by atoms with E-state index in [1.54, 1.807) is 6.20 Å². The molecule has 4 rings (SSSR count). The van der Waals surface area contributed by atoms with Gasteiger partial charge in [-0.3, -0.25) is 4.79 Å². The van der Waals surface area contributed by atoms with Gasteiger partial charge in [0.1, 0.15) is 0 Å². The molecule has 6 nitrogen and oxygen atoms in total. The Morgan fingerprint density at radius 1 is 1.29 bits per heavy atom. The maximum absolute atomic E-state index is 13.1. The zero-order valence-corrected chi connectivity index (χ0v) is 14.0. The Morgan fingerprint density at radius 2 is 2.12 bits per heavy atom. The molecule has 0 bridgehead atoms. The van der Waals surface area contributed by atoms with Crippen molar-refractivity contribution in [3.63, 3.8) is 0 Å². The van der Waals surface area contributed by atoms with Gasteiger partial charge in [-0.05, 0) is 25.5 Å². The average Bonchev–Trinajstić information content (AvgIpc) is 3.21. The zero-order chi connectivity index (χ0) is 16.7. The van der Waals surface area contributed by atoms with Crippen LogP contribution in [0.2, 0.25) is 0 Å². The number of aryl methyl sites for hydroxylation is 1. The van der Waals surface area contributed by atoms with E-state index in [1.807, 2.05) is 34.7 Å². The first-order chi connectivity index (χ1) is 11.7. The smallest absolute Gasteiger partial charge is 0.257 e. The molecular weight excluding hydrogens is 304 g/mol. The average molecular weight is 326 g/mol. The van der Waals surface area contributed by atoms with Crippen molar-refractivity contribution in [2.75, 3.05) is 26.2 Å². The number of nitrogens with zero attached hydrogens (tertiary/aromatic N) is 3. The number of amides is 1. The number of hydrogen-bond acceptors (Lipinski definition) is 4. The number of rotatable bonds is 2. The summed E-state index contributed by atoms with van der Waals surface area (Å²) in [6.07, 6.45) is 1.80. The number of hydrogen-bond donors (Lipinski definition) is 1. The van der Waals surface area contributed by atoms with E-state index >= 15 is 0 Å². The van der Waals surface area contributed by atoms with Crippen LogP contribution >= 0.6 is 0 Å². The molecule has 126 valence electrons. The molecule has 2 atom stereocenters. The number of aromatic nitrogens is 2. The van der Waals surface area contributed by atoms with Gasteiger partial charge >= 0.3 is 0 Å². The normalized spacial score (nSPS) is 23.3. The molecule has 0 saturated carbocycles. The number of carbonyl (C=O) groups excluding carboxylic acids is 1. The molecule has 2 aliphatic heterocycles.